The molecule has 0 aromatic heterocycles. The fraction of sp³-hybridized carbons (Fsp3) is 0.800. The highest BCUT2D eigenvalue weighted by atomic mass is 79.9. The first-order valence-corrected chi connectivity index (χ1v) is 5.41. The third-order valence-corrected chi connectivity index (χ3v) is 2.43. The van der Waals surface area contributed by atoms with Crippen LogP contribution in [0.5, 0.6) is 0 Å². The molecular formula is C10H19Br. The first kappa shape index (κ1) is 11.2. The van der Waals surface area contributed by atoms with Crippen LogP contribution < -0.4 is 0 Å². The summed E-state index contributed by atoms with van der Waals surface area (Å²) in [6.45, 7) is 8.38. The Morgan fingerprint density at radius 1 is 1.36 bits per heavy atom. The Kier molecular flexibility index (Phi) is 5.93. The summed E-state index contributed by atoms with van der Waals surface area (Å²) in [7, 11) is 0. The molecule has 0 rings (SSSR count). The Morgan fingerprint density at radius 2 is 2.00 bits per heavy atom. The predicted octanol–water partition coefficient (Wildman–Crippen LogP) is 4.15. The van der Waals surface area contributed by atoms with E-state index in [1.165, 1.54) is 19.3 Å². The third kappa shape index (κ3) is 6.61. The van der Waals surface area contributed by atoms with Gasteiger partial charge in [0.05, 0.1) is 0 Å². The van der Waals surface area contributed by atoms with Gasteiger partial charge in [-0.05, 0) is 31.1 Å². The van der Waals surface area contributed by atoms with Gasteiger partial charge in [0.25, 0.3) is 0 Å². The number of hydrogen-bond acceptors (Lipinski definition) is 0. The number of alkyl halides is 1. The van der Waals surface area contributed by atoms with E-state index in [-0.39, 0.29) is 0 Å². The monoisotopic (exact) mass is 218 g/mol. The summed E-state index contributed by atoms with van der Waals surface area (Å²) < 4.78 is 0. The van der Waals surface area contributed by atoms with Crippen LogP contribution in [-0.2, 0) is 0 Å². The minimum atomic E-state index is 0.506. The second-order valence-electron chi connectivity index (χ2n) is 3.78. The van der Waals surface area contributed by atoms with Crippen molar-refractivity contribution < 1.29 is 0 Å². The molecule has 0 nitrogen and oxygen atoms in total. The Balaban J connectivity index is 3.45. The van der Waals surface area contributed by atoms with Crippen LogP contribution in [0.1, 0.15) is 39.5 Å². The molecular weight excluding hydrogens is 200 g/mol. The van der Waals surface area contributed by atoms with E-state index in [2.05, 4.69) is 36.4 Å². The molecule has 66 valence electrons. The van der Waals surface area contributed by atoms with Crippen LogP contribution in [0.3, 0.4) is 0 Å². The molecule has 0 atom stereocenters. The van der Waals surface area contributed by atoms with Gasteiger partial charge >= 0.3 is 0 Å². The lowest BCUT2D eigenvalue weighted by molar-refractivity contribution is 0.318. The van der Waals surface area contributed by atoms with Crippen LogP contribution in [0.2, 0.25) is 0 Å². The van der Waals surface area contributed by atoms with Crippen molar-refractivity contribution >= 4 is 15.9 Å². The van der Waals surface area contributed by atoms with E-state index in [4.69, 9.17) is 0 Å². The molecule has 1 heteroatoms. The van der Waals surface area contributed by atoms with E-state index in [0.717, 1.165) is 11.8 Å². The average Bonchev–Trinajstić information content (AvgIpc) is 1.87. The zero-order valence-electron chi connectivity index (χ0n) is 7.70. The van der Waals surface area contributed by atoms with Crippen molar-refractivity contribution in [1.29, 1.82) is 0 Å². The van der Waals surface area contributed by atoms with Gasteiger partial charge in [-0.2, -0.15) is 0 Å². The molecule has 0 bridgehead atoms. The standard InChI is InChI=1S/C10H19Br/c1-4-5-6-7-10(2,3)8-9-11/h4H,1,5-9H2,2-3H3. The van der Waals surface area contributed by atoms with Gasteiger partial charge in [-0.15, -0.1) is 6.58 Å². The van der Waals surface area contributed by atoms with Gasteiger partial charge in [-0.1, -0.05) is 35.9 Å². The smallest absolute Gasteiger partial charge is 0.00363 e. The average molecular weight is 219 g/mol. The van der Waals surface area contributed by atoms with E-state index in [9.17, 15) is 0 Å². The molecule has 0 aromatic rings. The zero-order valence-corrected chi connectivity index (χ0v) is 9.28. The molecule has 0 saturated heterocycles. The lowest BCUT2D eigenvalue weighted by Gasteiger charge is -2.22. The van der Waals surface area contributed by atoms with Gasteiger partial charge in [-0.3, -0.25) is 0 Å². The van der Waals surface area contributed by atoms with Gasteiger partial charge < -0.3 is 0 Å². The highest BCUT2D eigenvalue weighted by Crippen LogP contribution is 2.27. The fourth-order valence-electron chi connectivity index (χ4n) is 1.11. The number of allylic oxidation sites excluding steroid dienone is 1. The van der Waals surface area contributed by atoms with Crippen LogP contribution in [0, 0.1) is 5.41 Å². The van der Waals surface area contributed by atoms with Crippen LogP contribution in [0.15, 0.2) is 12.7 Å². The Hall–Kier alpha value is 0.220. The first-order chi connectivity index (χ1) is 5.12. The van der Waals surface area contributed by atoms with Gasteiger partial charge in [0.1, 0.15) is 0 Å². The Bertz CT molecular complexity index is 105. The summed E-state index contributed by atoms with van der Waals surface area (Å²) in [6.07, 6.45) is 7.02. The molecule has 0 aromatic carbocycles. The zero-order chi connectivity index (χ0) is 8.74. The number of hydrogen-bond donors (Lipinski definition) is 0. The van der Waals surface area contributed by atoms with Gasteiger partial charge in [0.2, 0.25) is 0 Å². The van der Waals surface area contributed by atoms with Gasteiger partial charge in [0, 0.05) is 5.33 Å². The molecule has 0 unspecified atom stereocenters. The Labute approximate surface area is 79.2 Å². The van der Waals surface area contributed by atoms with Crippen LogP contribution in [0.4, 0.5) is 0 Å². The van der Waals surface area contributed by atoms with Crippen molar-refractivity contribution in [3.8, 4) is 0 Å². The van der Waals surface area contributed by atoms with E-state index < -0.39 is 0 Å². The van der Waals surface area contributed by atoms with Gasteiger partial charge in [0.15, 0.2) is 0 Å². The van der Waals surface area contributed by atoms with E-state index in [1.54, 1.807) is 0 Å². The largest absolute Gasteiger partial charge is 0.103 e. The van der Waals surface area contributed by atoms with Crippen molar-refractivity contribution in [3.63, 3.8) is 0 Å². The number of unbranched alkanes of at least 4 members (excludes halogenated alkanes) is 1. The minimum absolute atomic E-state index is 0.506. The SMILES string of the molecule is C=CCCCC(C)(C)CCBr. The first-order valence-electron chi connectivity index (χ1n) is 4.29. The normalized spacial score (nSPS) is 11.5. The number of rotatable bonds is 6. The molecule has 0 aliphatic heterocycles. The number of halogens is 1. The Morgan fingerprint density at radius 3 is 2.45 bits per heavy atom. The lowest BCUT2D eigenvalue weighted by atomic mass is 9.85. The maximum absolute atomic E-state index is 3.72. The summed E-state index contributed by atoms with van der Waals surface area (Å²) in [6, 6.07) is 0. The van der Waals surface area contributed by atoms with E-state index in [1.807, 2.05) is 6.08 Å². The van der Waals surface area contributed by atoms with Gasteiger partial charge in [-0.25, -0.2) is 0 Å². The van der Waals surface area contributed by atoms with E-state index >= 15 is 0 Å². The molecule has 11 heavy (non-hydrogen) atoms. The van der Waals surface area contributed by atoms with Crippen molar-refractivity contribution in [2.45, 2.75) is 39.5 Å². The molecule has 0 N–H and O–H groups in total. The maximum Gasteiger partial charge on any atom is 0.00363 e. The lowest BCUT2D eigenvalue weighted by Crippen LogP contribution is -2.11. The van der Waals surface area contributed by atoms with Crippen molar-refractivity contribution in [1.82, 2.24) is 0 Å². The molecule has 0 saturated carbocycles. The third-order valence-electron chi connectivity index (χ3n) is 2.03. The summed E-state index contributed by atoms with van der Waals surface area (Å²) in [4.78, 5) is 0. The molecule has 0 aliphatic carbocycles. The fourth-order valence-corrected chi connectivity index (χ4v) is 2.18. The second-order valence-corrected chi connectivity index (χ2v) is 4.58. The summed E-state index contributed by atoms with van der Waals surface area (Å²) in [5.74, 6) is 0. The summed E-state index contributed by atoms with van der Waals surface area (Å²) in [5, 5.41) is 1.12. The topological polar surface area (TPSA) is 0 Å². The summed E-state index contributed by atoms with van der Waals surface area (Å²) in [5.41, 5.74) is 0.506. The predicted molar refractivity (Wildman–Crippen MR) is 56.2 cm³/mol. The van der Waals surface area contributed by atoms with Crippen molar-refractivity contribution in [2.75, 3.05) is 5.33 Å². The maximum atomic E-state index is 3.72. The molecule has 0 heterocycles. The molecule has 0 spiro atoms. The van der Waals surface area contributed by atoms with Crippen LogP contribution in [-0.4, -0.2) is 5.33 Å². The molecule has 0 radical (unpaired) electrons. The molecule has 0 amide bonds. The van der Waals surface area contributed by atoms with Crippen molar-refractivity contribution in [3.05, 3.63) is 12.7 Å². The highest BCUT2D eigenvalue weighted by molar-refractivity contribution is 9.09. The van der Waals surface area contributed by atoms with Crippen molar-refractivity contribution in [2.24, 2.45) is 5.41 Å². The molecule has 0 fully saturated rings. The minimum Gasteiger partial charge on any atom is -0.103 e. The van der Waals surface area contributed by atoms with E-state index in [0.29, 0.717) is 5.41 Å². The van der Waals surface area contributed by atoms with Crippen LogP contribution >= 0.6 is 15.9 Å². The quantitative estimate of drug-likeness (QED) is 0.357. The summed E-state index contributed by atoms with van der Waals surface area (Å²) >= 11 is 3.47. The highest BCUT2D eigenvalue weighted by Gasteiger charge is 2.15. The molecule has 0 aliphatic rings. The second kappa shape index (κ2) is 5.82. The van der Waals surface area contributed by atoms with Crippen LogP contribution in [0.25, 0.3) is 0 Å².